The molecule has 0 saturated carbocycles. The predicted molar refractivity (Wildman–Crippen MR) is 64.4 cm³/mol. The van der Waals surface area contributed by atoms with Gasteiger partial charge in [0.25, 0.3) is 5.91 Å². The van der Waals surface area contributed by atoms with Crippen LogP contribution in [-0.4, -0.2) is 29.6 Å². The van der Waals surface area contributed by atoms with Crippen LogP contribution in [0.2, 0.25) is 0 Å². The molecule has 1 heterocycles. The van der Waals surface area contributed by atoms with Crippen LogP contribution in [0.1, 0.15) is 6.92 Å². The molecule has 0 aliphatic carbocycles. The van der Waals surface area contributed by atoms with Crippen molar-refractivity contribution in [3.63, 3.8) is 0 Å². The van der Waals surface area contributed by atoms with Crippen LogP contribution < -0.4 is 5.32 Å². The van der Waals surface area contributed by atoms with Gasteiger partial charge in [-0.15, -0.1) is 0 Å². The molecule has 2 amide bonds. The molecule has 1 atom stereocenters. The summed E-state index contributed by atoms with van der Waals surface area (Å²) in [6.07, 6.45) is 0. The minimum atomic E-state index is -0.977. The van der Waals surface area contributed by atoms with E-state index in [0.29, 0.717) is 5.71 Å². The van der Waals surface area contributed by atoms with Gasteiger partial charge in [-0.1, -0.05) is 12.1 Å². The molecule has 5 nitrogen and oxygen atoms in total. The highest BCUT2D eigenvalue weighted by molar-refractivity contribution is 6.24. The molecule has 2 rings (SSSR count). The molecule has 94 valence electrons. The molecule has 1 aromatic rings. The fourth-order valence-electron chi connectivity index (χ4n) is 1.78. The second kappa shape index (κ2) is 4.56. The lowest BCUT2D eigenvalue weighted by atomic mass is 10.0. The third-order valence-corrected chi connectivity index (χ3v) is 2.69. The van der Waals surface area contributed by atoms with Crippen molar-refractivity contribution < 1.29 is 14.0 Å². The first-order valence-corrected chi connectivity index (χ1v) is 5.39. The van der Waals surface area contributed by atoms with E-state index in [2.05, 4.69) is 10.4 Å². The van der Waals surface area contributed by atoms with Gasteiger partial charge in [0, 0.05) is 7.05 Å². The summed E-state index contributed by atoms with van der Waals surface area (Å²) in [7, 11) is 1.47. The van der Waals surface area contributed by atoms with Gasteiger partial charge in [-0.2, -0.15) is 5.10 Å². The fraction of sp³-hybridized carbons (Fsp3) is 0.250. The average molecular weight is 249 g/mol. The molecule has 0 aromatic heterocycles. The summed E-state index contributed by atoms with van der Waals surface area (Å²) < 4.78 is 13.4. The molecular formula is C12H12FN3O2. The zero-order chi connectivity index (χ0) is 13.3. The van der Waals surface area contributed by atoms with E-state index < -0.39 is 23.5 Å². The monoisotopic (exact) mass is 249 g/mol. The molecule has 1 aliphatic rings. The van der Waals surface area contributed by atoms with E-state index in [-0.39, 0.29) is 5.69 Å². The summed E-state index contributed by atoms with van der Waals surface area (Å²) in [5, 5.41) is 7.39. The topological polar surface area (TPSA) is 61.8 Å². The molecule has 0 spiro atoms. The number of nitrogens with zero attached hydrogens (tertiary/aromatic N) is 2. The normalized spacial score (nSPS) is 18.8. The van der Waals surface area contributed by atoms with E-state index in [1.54, 1.807) is 13.0 Å². The zero-order valence-corrected chi connectivity index (χ0v) is 9.98. The molecule has 18 heavy (non-hydrogen) atoms. The first-order chi connectivity index (χ1) is 8.50. The molecular weight excluding hydrogens is 237 g/mol. The molecule has 0 saturated heterocycles. The number of nitrogens with one attached hydrogen (secondary N) is 1. The third kappa shape index (κ3) is 2.09. The summed E-state index contributed by atoms with van der Waals surface area (Å²) >= 11 is 0. The molecule has 0 unspecified atom stereocenters. The van der Waals surface area contributed by atoms with Gasteiger partial charge >= 0.3 is 0 Å². The van der Waals surface area contributed by atoms with Crippen molar-refractivity contribution in [2.75, 3.05) is 12.4 Å². The lowest BCUT2D eigenvalue weighted by Gasteiger charge is -2.11. The van der Waals surface area contributed by atoms with Gasteiger partial charge in [0.15, 0.2) is 5.92 Å². The number of carbonyl (C=O) groups excluding carboxylic acids is 2. The number of para-hydroxylation sites is 1. The van der Waals surface area contributed by atoms with Crippen LogP contribution in [-0.2, 0) is 9.59 Å². The number of carbonyl (C=O) groups is 2. The van der Waals surface area contributed by atoms with E-state index in [1.165, 1.54) is 25.2 Å². The summed E-state index contributed by atoms with van der Waals surface area (Å²) in [5.74, 6) is -2.51. The Bertz CT molecular complexity index is 542. The van der Waals surface area contributed by atoms with Gasteiger partial charge in [0.05, 0.1) is 11.4 Å². The van der Waals surface area contributed by atoms with Crippen LogP contribution in [0.3, 0.4) is 0 Å². The van der Waals surface area contributed by atoms with Crippen LogP contribution in [0.15, 0.2) is 29.4 Å². The number of anilines is 1. The smallest absolute Gasteiger partial charge is 0.260 e. The Morgan fingerprint density at radius 3 is 2.67 bits per heavy atom. The summed E-state index contributed by atoms with van der Waals surface area (Å²) in [4.78, 5) is 23.6. The summed E-state index contributed by atoms with van der Waals surface area (Å²) in [5.41, 5.74) is 0.453. The number of hydrogen-bond donors (Lipinski definition) is 1. The van der Waals surface area contributed by atoms with E-state index in [9.17, 15) is 14.0 Å². The first-order valence-electron chi connectivity index (χ1n) is 5.39. The van der Waals surface area contributed by atoms with Crippen LogP contribution in [0.4, 0.5) is 10.1 Å². The number of rotatable bonds is 2. The van der Waals surface area contributed by atoms with Crippen molar-refractivity contribution in [1.82, 2.24) is 5.01 Å². The van der Waals surface area contributed by atoms with Crippen molar-refractivity contribution in [1.29, 1.82) is 0 Å². The molecule has 0 radical (unpaired) electrons. The Labute approximate surface area is 103 Å². The number of hydrazone groups is 1. The second-order valence-electron chi connectivity index (χ2n) is 4.01. The van der Waals surface area contributed by atoms with Crippen molar-refractivity contribution in [3.8, 4) is 0 Å². The highest BCUT2D eigenvalue weighted by Gasteiger charge is 2.37. The lowest BCUT2D eigenvalue weighted by molar-refractivity contribution is -0.134. The third-order valence-electron chi connectivity index (χ3n) is 2.69. The highest BCUT2D eigenvalue weighted by atomic mass is 19.1. The average Bonchev–Trinajstić information content (AvgIpc) is 2.56. The minimum Gasteiger partial charge on any atom is -0.323 e. The van der Waals surface area contributed by atoms with Crippen LogP contribution in [0, 0.1) is 11.7 Å². The minimum absolute atomic E-state index is 0.0534. The van der Waals surface area contributed by atoms with Gasteiger partial charge in [-0.3, -0.25) is 9.59 Å². The Hall–Kier alpha value is -2.24. The predicted octanol–water partition coefficient (Wildman–Crippen LogP) is 1.23. The van der Waals surface area contributed by atoms with Gasteiger partial charge in [0.2, 0.25) is 5.91 Å². The second-order valence-corrected chi connectivity index (χ2v) is 4.01. The number of hydrogen-bond acceptors (Lipinski definition) is 3. The number of halogens is 1. The largest absolute Gasteiger partial charge is 0.323 e. The summed E-state index contributed by atoms with van der Waals surface area (Å²) in [6.45, 7) is 1.59. The standard InChI is InChI=1S/C12H12FN3O2/c1-7-10(12(18)16(2)15-7)11(17)14-9-6-4-3-5-8(9)13/h3-6,10H,1-2H3,(H,14,17)/t10-/m0/s1. The quantitative estimate of drug-likeness (QED) is 0.801. The maximum absolute atomic E-state index is 13.4. The van der Waals surface area contributed by atoms with Gasteiger partial charge in [-0.25, -0.2) is 9.40 Å². The Balaban J connectivity index is 2.17. The molecule has 1 aromatic carbocycles. The van der Waals surface area contributed by atoms with E-state index in [1.807, 2.05) is 0 Å². The van der Waals surface area contributed by atoms with Crippen molar-refractivity contribution >= 4 is 23.2 Å². The Morgan fingerprint density at radius 1 is 1.44 bits per heavy atom. The van der Waals surface area contributed by atoms with Crippen LogP contribution >= 0.6 is 0 Å². The molecule has 1 aliphatic heterocycles. The first kappa shape index (κ1) is 12.2. The highest BCUT2D eigenvalue weighted by Crippen LogP contribution is 2.18. The maximum atomic E-state index is 13.4. The van der Waals surface area contributed by atoms with E-state index in [0.717, 1.165) is 5.01 Å². The SMILES string of the molecule is CC1=NN(C)C(=O)[C@@H]1C(=O)Nc1ccccc1F. The number of amides is 2. The lowest BCUT2D eigenvalue weighted by Crippen LogP contribution is -2.35. The molecule has 6 heteroatoms. The van der Waals surface area contributed by atoms with Crippen molar-refractivity contribution in [3.05, 3.63) is 30.1 Å². The van der Waals surface area contributed by atoms with Crippen molar-refractivity contribution in [2.45, 2.75) is 6.92 Å². The molecule has 1 N–H and O–H groups in total. The van der Waals surface area contributed by atoms with Crippen LogP contribution in [0.25, 0.3) is 0 Å². The van der Waals surface area contributed by atoms with Gasteiger partial charge in [0.1, 0.15) is 5.82 Å². The van der Waals surface area contributed by atoms with Gasteiger partial charge < -0.3 is 5.32 Å². The number of benzene rings is 1. The van der Waals surface area contributed by atoms with Crippen molar-refractivity contribution in [2.24, 2.45) is 11.0 Å². The molecule has 0 bridgehead atoms. The fourth-order valence-corrected chi connectivity index (χ4v) is 1.78. The van der Waals surface area contributed by atoms with Gasteiger partial charge in [-0.05, 0) is 19.1 Å². The molecule has 0 fully saturated rings. The van der Waals surface area contributed by atoms with E-state index in [4.69, 9.17) is 0 Å². The van der Waals surface area contributed by atoms with E-state index >= 15 is 0 Å². The Morgan fingerprint density at radius 2 is 2.11 bits per heavy atom. The summed E-state index contributed by atoms with van der Waals surface area (Å²) in [6, 6.07) is 5.79. The van der Waals surface area contributed by atoms with Crippen LogP contribution in [0.5, 0.6) is 0 Å². The zero-order valence-electron chi connectivity index (χ0n) is 9.98. The Kier molecular flexibility index (Phi) is 3.10. The maximum Gasteiger partial charge on any atom is 0.260 e.